The minimum absolute atomic E-state index is 0.217. The normalized spacial score (nSPS) is 15.8. The van der Waals surface area contributed by atoms with Crippen LogP contribution in [-0.4, -0.2) is 63.8 Å². The maximum Gasteiger partial charge on any atom is 0.410 e. The van der Waals surface area contributed by atoms with Crippen molar-refractivity contribution in [1.29, 1.82) is 0 Å². The zero-order valence-electron chi connectivity index (χ0n) is 13.5. The third-order valence-corrected chi connectivity index (χ3v) is 3.42. The predicted octanol–water partition coefficient (Wildman–Crippen LogP) is 0.993. The van der Waals surface area contributed by atoms with Gasteiger partial charge in [0.25, 0.3) is 5.91 Å². The number of nitrogens with zero attached hydrogens (tertiary/aromatic N) is 3. The van der Waals surface area contributed by atoms with Crippen LogP contribution in [0.25, 0.3) is 0 Å². The van der Waals surface area contributed by atoms with Crippen LogP contribution in [0.2, 0.25) is 0 Å². The molecule has 22 heavy (non-hydrogen) atoms. The Hall–Kier alpha value is -2.25. The molecule has 3 N–H and O–H groups in total. The van der Waals surface area contributed by atoms with Gasteiger partial charge in [0.1, 0.15) is 5.60 Å². The number of ether oxygens (including phenoxy) is 1. The van der Waals surface area contributed by atoms with Gasteiger partial charge in [-0.2, -0.15) is 5.10 Å². The van der Waals surface area contributed by atoms with Gasteiger partial charge in [0.05, 0.1) is 11.4 Å². The highest BCUT2D eigenvalue weighted by atomic mass is 16.6. The van der Waals surface area contributed by atoms with Gasteiger partial charge in [0.15, 0.2) is 5.69 Å². The van der Waals surface area contributed by atoms with Crippen molar-refractivity contribution in [2.45, 2.75) is 33.3 Å². The monoisotopic (exact) mass is 309 g/mol. The van der Waals surface area contributed by atoms with Crippen LogP contribution in [0.4, 0.5) is 10.5 Å². The largest absolute Gasteiger partial charge is 0.444 e. The molecule has 8 heteroatoms. The summed E-state index contributed by atoms with van der Waals surface area (Å²) in [5.41, 5.74) is 6.60. The predicted molar refractivity (Wildman–Crippen MR) is 81.4 cm³/mol. The van der Waals surface area contributed by atoms with Gasteiger partial charge in [0, 0.05) is 26.2 Å². The summed E-state index contributed by atoms with van der Waals surface area (Å²) in [6, 6.07) is 0. The summed E-state index contributed by atoms with van der Waals surface area (Å²) in [4.78, 5) is 27.6. The summed E-state index contributed by atoms with van der Waals surface area (Å²) >= 11 is 0. The molecule has 8 nitrogen and oxygen atoms in total. The summed E-state index contributed by atoms with van der Waals surface area (Å²) in [6.45, 7) is 8.98. The van der Waals surface area contributed by atoms with E-state index < -0.39 is 5.60 Å². The Morgan fingerprint density at radius 2 is 1.73 bits per heavy atom. The number of piperazine rings is 1. The zero-order chi connectivity index (χ0) is 16.5. The van der Waals surface area contributed by atoms with Gasteiger partial charge in [-0.1, -0.05) is 0 Å². The summed E-state index contributed by atoms with van der Waals surface area (Å²) in [5, 5.41) is 6.65. The number of nitrogen functional groups attached to an aromatic ring is 1. The smallest absolute Gasteiger partial charge is 0.410 e. The lowest BCUT2D eigenvalue weighted by molar-refractivity contribution is 0.0140. The number of nitrogens with two attached hydrogens (primary N) is 1. The number of hydrogen-bond donors (Lipinski definition) is 2. The average Bonchev–Trinajstić information content (AvgIpc) is 2.76. The van der Waals surface area contributed by atoms with Crippen LogP contribution in [0.1, 0.15) is 37.0 Å². The maximum atomic E-state index is 12.4. The van der Waals surface area contributed by atoms with Gasteiger partial charge in [-0.25, -0.2) is 4.79 Å². The lowest BCUT2D eigenvalue weighted by Gasteiger charge is -2.35. The number of rotatable bonds is 1. The molecule has 0 spiro atoms. The quantitative estimate of drug-likeness (QED) is 0.805. The average molecular weight is 309 g/mol. The van der Waals surface area contributed by atoms with Crippen molar-refractivity contribution in [2.24, 2.45) is 0 Å². The van der Waals surface area contributed by atoms with Crippen LogP contribution in [0.5, 0.6) is 0 Å². The van der Waals surface area contributed by atoms with Crippen molar-refractivity contribution in [3.05, 3.63) is 11.4 Å². The molecule has 0 atom stereocenters. The topological polar surface area (TPSA) is 105 Å². The molecule has 122 valence electrons. The molecule has 0 bridgehead atoms. The lowest BCUT2D eigenvalue weighted by atomic mass is 10.2. The highest BCUT2D eigenvalue weighted by Gasteiger charge is 2.29. The van der Waals surface area contributed by atoms with E-state index in [0.717, 1.165) is 0 Å². The van der Waals surface area contributed by atoms with Crippen LogP contribution in [0.3, 0.4) is 0 Å². The Labute approximate surface area is 129 Å². The van der Waals surface area contributed by atoms with Gasteiger partial charge in [-0.3, -0.25) is 9.89 Å². The standard InChI is InChI=1S/C14H23N5O3/c1-9-10(15)11(17-16-9)12(20)18-5-7-19(8-6-18)13(21)22-14(2,3)4/h5-8,15H2,1-4H3,(H,16,17). The van der Waals surface area contributed by atoms with Crippen molar-refractivity contribution in [1.82, 2.24) is 20.0 Å². The molecule has 2 amide bonds. The zero-order valence-corrected chi connectivity index (χ0v) is 13.5. The van der Waals surface area contributed by atoms with Crippen molar-refractivity contribution >= 4 is 17.7 Å². The Morgan fingerprint density at radius 3 is 2.18 bits per heavy atom. The lowest BCUT2D eigenvalue weighted by Crippen LogP contribution is -2.51. The Balaban J connectivity index is 1.93. The third kappa shape index (κ3) is 3.49. The number of carbonyl (C=O) groups excluding carboxylic acids is 2. The van der Waals surface area contributed by atoms with Crippen LogP contribution in [-0.2, 0) is 4.74 Å². The van der Waals surface area contributed by atoms with Crippen molar-refractivity contribution < 1.29 is 14.3 Å². The number of aromatic amines is 1. The second kappa shape index (κ2) is 5.86. The van der Waals surface area contributed by atoms with Gasteiger partial charge in [-0.15, -0.1) is 0 Å². The molecular weight excluding hydrogens is 286 g/mol. The molecule has 1 fully saturated rings. The van der Waals surface area contributed by atoms with E-state index in [-0.39, 0.29) is 17.7 Å². The molecule has 0 radical (unpaired) electrons. The van der Waals surface area contributed by atoms with E-state index in [9.17, 15) is 9.59 Å². The molecule has 1 aromatic heterocycles. The van der Waals surface area contributed by atoms with E-state index in [0.29, 0.717) is 37.6 Å². The molecule has 0 aliphatic carbocycles. The SMILES string of the molecule is Cc1[nH]nc(C(=O)N2CCN(C(=O)OC(C)(C)C)CC2)c1N. The second-order valence-electron chi connectivity index (χ2n) is 6.37. The Kier molecular flexibility index (Phi) is 4.30. The number of anilines is 1. The van der Waals surface area contributed by atoms with Gasteiger partial charge in [-0.05, 0) is 27.7 Å². The summed E-state index contributed by atoms with van der Waals surface area (Å²) in [5.74, 6) is -0.217. The summed E-state index contributed by atoms with van der Waals surface area (Å²) in [6.07, 6.45) is -0.352. The number of amides is 2. The van der Waals surface area contributed by atoms with Gasteiger partial charge in [0.2, 0.25) is 0 Å². The van der Waals surface area contributed by atoms with E-state index >= 15 is 0 Å². The third-order valence-electron chi connectivity index (χ3n) is 3.42. The molecule has 1 aliphatic rings. The first-order valence-corrected chi connectivity index (χ1v) is 7.26. The van der Waals surface area contributed by atoms with E-state index in [2.05, 4.69) is 10.2 Å². The summed E-state index contributed by atoms with van der Waals surface area (Å²) in [7, 11) is 0. The number of aryl methyl sites for hydroxylation is 1. The minimum atomic E-state index is -0.523. The highest BCUT2D eigenvalue weighted by molar-refractivity contribution is 5.97. The fraction of sp³-hybridized carbons (Fsp3) is 0.643. The molecular formula is C14H23N5O3. The molecule has 1 saturated heterocycles. The summed E-state index contributed by atoms with van der Waals surface area (Å²) < 4.78 is 5.33. The number of carbonyl (C=O) groups is 2. The number of aromatic nitrogens is 2. The first kappa shape index (κ1) is 16.1. The van der Waals surface area contributed by atoms with E-state index in [1.807, 2.05) is 20.8 Å². The first-order chi connectivity index (χ1) is 10.2. The number of H-pyrrole nitrogens is 1. The Bertz CT molecular complexity index is 568. The first-order valence-electron chi connectivity index (χ1n) is 7.26. The number of nitrogens with one attached hydrogen (secondary N) is 1. The van der Waals surface area contributed by atoms with Crippen molar-refractivity contribution in [2.75, 3.05) is 31.9 Å². The van der Waals surface area contributed by atoms with E-state index in [1.165, 1.54) is 0 Å². The molecule has 0 unspecified atom stereocenters. The number of hydrogen-bond acceptors (Lipinski definition) is 5. The maximum absolute atomic E-state index is 12.4. The highest BCUT2D eigenvalue weighted by Crippen LogP contribution is 2.17. The molecule has 2 rings (SSSR count). The molecule has 2 heterocycles. The van der Waals surface area contributed by atoms with Crippen molar-refractivity contribution in [3.63, 3.8) is 0 Å². The van der Waals surface area contributed by atoms with Crippen LogP contribution >= 0.6 is 0 Å². The fourth-order valence-electron chi connectivity index (χ4n) is 2.17. The van der Waals surface area contributed by atoms with Crippen LogP contribution < -0.4 is 5.73 Å². The molecule has 0 saturated carbocycles. The second-order valence-corrected chi connectivity index (χ2v) is 6.37. The van der Waals surface area contributed by atoms with E-state index in [4.69, 9.17) is 10.5 Å². The van der Waals surface area contributed by atoms with Gasteiger partial charge >= 0.3 is 6.09 Å². The molecule has 1 aliphatic heterocycles. The molecule has 1 aromatic rings. The van der Waals surface area contributed by atoms with E-state index in [1.54, 1.807) is 16.7 Å². The minimum Gasteiger partial charge on any atom is -0.444 e. The molecule has 0 aromatic carbocycles. The fourth-order valence-corrected chi connectivity index (χ4v) is 2.17. The Morgan fingerprint density at radius 1 is 1.18 bits per heavy atom. The van der Waals surface area contributed by atoms with Gasteiger partial charge < -0.3 is 20.3 Å². The van der Waals surface area contributed by atoms with Crippen molar-refractivity contribution in [3.8, 4) is 0 Å². The van der Waals surface area contributed by atoms with Crippen LogP contribution in [0, 0.1) is 6.92 Å². The van der Waals surface area contributed by atoms with Crippen LogP contribution in [0.15, 0.2) is 0 Å².